The summed E-state index contributed by atoms with van der Waals surface area (Å²) < 4.78 is 20.2. The average Bonchev–Trinajstić information content (AvgIpc) is 2.90. The number of hydrogen-bond donors (Lipinski definition) is 2. The summed E-state index contributed by atoms with van der Waals surface area (Å²) in [6, 6.07) is 8.53. The van der Waals surface area contributed by atoms with Gasteiger partial charge in [-0.15, -0.1) is 0 Å². The second-order valence-electron chi connectivity index (χ2n) is 4.99. The van der Waals surface area contributed by atoms with Crippen molar-refractivity contribution in [3.8, 4) is 11.5 Å². The van der Waals surface area contributed by atoms with Gasteiger partial charge in [-0.1, -0.05) is 22.9 Å². The van der Waals surface area contributed by atoms with Crippen LogP contribution in [0.2, 0.25) is 0 Å². The maximum atomic E-state index is 14.0. The number of nitrogens with two attached hydrogens (primary N) is 1. The Hall–Kier alpha value is -2.08. The Labute approximate surface area is 135 Å². The number of hydrogen-bond acceptors (Lipinski definition) is 4. The minimum Gasteiger partial charge on any atom is -0.433 e. The zero-order chi connectivity index (χ0) is 15.7. The van der Waals surface area contributed by atoms with Crippen molar-refractivity contribution in [2.24, 2.45) is 0 Å². The van der Waals surface area contributed by atoms with E-state index in [1.165, 1.54) is 6.07 Å². The second-order valence-corrected chi connectivity index (χ2v) is 5.90. The number of oxazole rings is 1. The summed E-state index contributed by atoms with van der Waals surface area (Å²) in [5, 5.41) is 3.30. The molecule has 2 aromatic carbocycles. The average molecular weight is 364 g/mol. The molecule has 0 amide bonds. The fourth-order valence-corrected chi connectivity index (χ4v) is 2.65. The van der Waals surface area contributed by atoms with Crippen molar-refractivity contribution < 1.29 is 8.81 Å². The number of halogens is 2. The molecule has 0 aliphatic rings. The van der Waals surface area contributed by atoms with Gasteiger partial charge in [-0.2, -0.15) is 0 Å². The Morgan fingerprint density at radius 1 is 1.32 bits per heavy atom. The molecule has 0 radical (unpaired) electrons. The molecule has 4 nitrogen and oxygen atoms in total. The molecule has 0 bridgehead atoms. The quantitative estimate of drug-likeness (QED) is 0.653. The molecule has 114 valence electrons. The summed E-state index contributed by atoms with van der Waals surface area (Å²) in [4.78, 5) is 4.38. The molecule has 0 atom stereocenters. The monoisotopic (exact) mass is 363 g/mol. The fourth-order valence-electron chi connectivity index (χ4n) is 2.23. The van der Waals surface area contributed by atoms with Crippen LogP contribution in [0.3, 0.4) is 0 Å². The number of benzene rings is 2. The Balaban J connectivity index is 2.14. The molecule has 6 heteroatoms. The van der Waals surface area contributed by atoms with Crippen LogP contribution in [-0.4, -0.2) is 11.5 Å². The summed E-state index contributed by atoms with van der Waals surface area (Å²) in [7, 11) is 0. The predicted octanol–water partition coefficient (Wildman–Crippen LogP) is 4.80. The van der Waals surface area contributed by atoms with E-state index in [1.54, 1.807) is 18.2 Å². The molecule has 0 saturated heterocycles. The van der Waals surface area contributed by atoms with Gasteiger partial charge in [-0.25, -0.2) is 9.37 Å². The summed E-state index contributed by atoms with van der Waals surface area (Å²) >= 11 is 3.26. The largest absolute Gasteiger partial charge is 0.433 e. The first-order chi connectivity index (χ1) is 10.6. The first-order valence-electron chi connectivity index (χ1n) is 6.98. The molecule has 0 aliphatic heterocycles. The number of aromatic nitrogens is 1. The van der Waals surface area contributed by atoms with Gasteiger partial charge in [0.1, 0.15) is 5.52 Å². The van der Waals surface area contributed by atoms with Crippen LogP contribution in [0.5, 0.6) is 0 Å². The van der Waals surface area contributed by atoms with Gasteiger partial charge in [-0.3, -0.25) is 0 Å². The molecule has 3 aromatic rings. The van der Waals surface area contributed by atoms with Gasteiger partial charge in [0.05, 0.1) is 5.56 Å². The van der Waals surface area contributed by atoms with Crippen LogP contribution in [0.15, 0.2) is 39.2 Å². The van der Waals surface area contributed by atoms with Gasteiger partial charge in [0, 0.05) is 22.4 Å². The topological polar surface area (TPSA) is 64.1 Å². The van der Waals surface area contributed by atoms with Gasteiger partial charge in [0.2, 0.25) is 5.89 Å². The third-order valence-electron chi connectivity index (χ3n) is 3.25. The Morgan fingerprint density at radius 3 is 2.91 bits per heavy atom. The lowest BCUT2D eigenvalue weighted by Crippen LogP contribution is -2.02. The molecule has 0 fully saturated rings. The Kier molecular flexibility index (Phi) is 4.02. The zero-order valence-electron chi connectivity index (χ0n) is 12.0. The van der Waals surface area contributed by atoms with Crippen LogP contribution in [0, 0.1) is 5.82 Å². The van der Waals surface area contributed by atoms with Crippen molar-refractivity contribution in [1.29, 1.82) is 0 Å². The van der Waals surface area contributed by atoms with Crippen molar-refractivity contribution in [3.05, 3.63) is 40.6 Å². The summed E-state index contributed by atoms with van der Waals surface area (Å²) in [5.41, 5.74) is 8.65. The van der Waals surface area contributed by atoms with Crippen molar-refractivity contribution in [2.45, 2.75) is 13.3 Å². The maximum Gasteiger partial charge on any atom is 0.229 e. The van der Waals surface area contributed by atoms with E-state index in [2.05, 4.69) is 33.2 Å². The summed E-state index contributed by atoms with van der Waals surface area (Å²) in [5.74, 6) is -0.104. The van der Waals surface area contributed by atoms with Gasteiger partial charge < -0.3 is 15.5 Å². The fraction of sp³-hybridized carbons (Fsp3) is 0.188. The molecule has 0 aliphatic carbocycles. The van der Waals surface area contributed by atoms with Gasteiger partial charge >= 0.3 is 0 Å². The molecular weight excluding hydrogens is 349 g/mol. The van der Waals surface area contributed by atoms with E-state index in [4.69, 9.17) is 10.2 Å². The minimum absolute atomic E-state index is 0.141. The van der Waals surface area contributed by atoms with Crippen molar-refractivity contribution in [3.63, 3.8) is 0 Å². The highest BCUT2D eigenvalue weighted by Gasteiger charge is 2.16. The van der Waals surface area contributed by atoms with E-state index < -0.39 is 5.82 Å². The van der Waals surface area contributed by atoms with E-state index in [0.717, 1.165) is 24.2 Å². The SMILES string of the molecule is CCCNc1ccc(N)cc1-c1nc2cc(Br)cc(F)c2o1. The molecule has 1 aromatic heterocycles. The molecule has 3 rings (SSSR count). The normalized spacial score (nSPS) is 11.0. The number of nitrogens with zero attached hydrogens (tertiary/aromatic N) is 1. The van der Waals surface area contributed by atoms with E-state index in [9.17, 15) is 4.39 Å². The molecular formula is C16H15BrFN3O. The van der Waals surface area contributed by atoms with Gasteiger partial charge in [0.25, 0.3) is 0 Å². The van der Waals surface area contributed by atoms with Crippen LogP contribution < -0.4 is 11.1 Å². The Morgan fingerprint density at radius 2 is 2.14 bits per heavy atom. The van der Waals surface area contributed by atoms with Gasteiger partial charge in [-0.05, 0) is 36.8 Å². The lowest BCUT2D eigenvalue weighted by molar-refractivity contribution is 0.564. The second kappa shape index (κ2) is 5.96. The highest BCUT2D eigenvalue weighted by atomic mass is 79.9. The van der Waals surface area contributed by atoms with Crippen LogP contribution in [0.1, 0.15) is 13.3 Å². The van der Waals surface area contributed by atoms with E-state index in [1.807, 2.05) is 6.07 Å². The van der Waals surface area contributed by atoms with Crippen LogP contribution in [0.4, 0.5) is 15.8 Å². The number of nitrogens with one attached hydrogen (secondary N) is 1. The molecule has 22 heavy (non-hydrogen) atoms. The van der Waals surface area contributed by atoms with Gasteiger partial charge in [0.15, 0.2) is 11.4 Å². The van der Waals surface area contributed by atoms with E-state index in [0.29, 0.717) is 21.6 Å². The van der Waals surface area contributed by atoms with Crippen LogP contribution >= 0.6 is 15.9 Å². The number of fused-ring (bicyclic) bond motifs is 1. The van der Waals surface area contributed by atoms with Crippen molar-refractivity contribution in [1.82, 2.24) is 4.98 Å². The maximum absolute atomic E-state index is 14.0. The van der Waals surface area contributed by atoms with E-state index in [-0.39, 0.29) is 5.58 Å². The third-order valence-corrected chi connectivity index (χ3v) is 3.71. The van der Waals surface area contributed by atoms with Crippen molar-refractivity contribution >= 4 is 38.4 Å². The number of nitrogen functional groups attached to an aromatic ring is 1. The van der Waals surface area contributed by atoms with Crippen LogP contribution in [-0.2, 0) is 0 Å². The molecule has 0 unspecified atom stereocenters. The summed E-state index contributed by atoms with van der Waals surface area (Å²) in [6.07, 6.45) is 0.985. The predicted molar refractivity (Wildman–Crippen MR) is 90.3 cm³/mol. The Bertz CT molecular complexity index is 832. The van der Waals surface area contributed by atoms with E-state index >= 15 is 0 Å². The third kappa shape index (κ3) is 2.78. The smallest absolute Gasteiger partial charge is 0.229 e. The number of anilines is 2. The summed E-state index contributed by atoms with van der Waals surface area (Å²) in [6.45, 7) is 2.90. The molecule has 0 spiro atoms. The molecule has 3 N–H and O–H groups in total. The zero-order valence-corrected chi connectivity index (χ0v) is 13.6. The first kappa shape index (κ1) is 14.8. The number of rotatable bonds is 4. The lowest BCUT2D eigenvalue weighted by Gasteiger charge is -2.09. The highest BCUT2D eigenvalue weighted by Crippen LogP contribution is 2.33. The van der Waals surface area contributed by atoms with Crippen LogP contribution in [0.25, 0.3) is 22.6 Å². The highest BCUT2D eigenvalue weighted by molar-refractivity contribution is 9.10. The minimum atomic E-state index is -0.449. The first-order valence-corrected chi connectivity index (χ1v) is 7.77. The lowest BCUT2D eigenvalue weighted by atomic mass is 10.1. The molecule has 1 heterocycles. The standard InChI is InChI=1S/C16H15BrFN3O/c1-2-5-20-13-4-3-10(19)8-11(13)16-21-14-7-9(17)6-12(18)15(14)22-16/h3-4,6-8,20H,2,5,19H2,1H3. The van der Waals surface area contributed by atoms with Crippen molar-refractivity contribution in [2.75, 3.05) is 17.6 Å². The molecule has 0 saturated carbocycles.